The van der Waals surface area contributed by atoms with E-state index in [1.807, 2.05) is 0 Å². The Kier molecular flexibility index (Phi) is 9.37. The normalized spacial score (nSPS) is 21.4. The summed E-state index contributed by atoms with van der Waals surface area (Å²) in [6.45, 7) is -1.40. The summed E-state index contributed by atoms with van der Waals surface area (Å²) in [7, 11) is -4.51. The number of ether oxygens (including phenoxy) is 1. The molecule has 0 radical (unpaired) electrons. The minimum absolute atomic E-state index is 0.128. The number of halogens is 6. The second kappa shape index (κ2) is 12.8. The molecule has 3 aromatic rings. The lowest BCUT2D eigenvalue weighted by molar-refractivity contribution is -0.222. The van der Waals surface area contributed by atoms with Crippen molar-refractivity contribution in [3.8, 4) is 0 Å². The summed E-state index contributed by atoms with van der Waals surface area (Å²) in [6.07, 6.45) is -9.20. The largest absolute Gasteiger partial charge is 0.481 e. The first-order valence-corrected chi connectivity index (χ1v) is 16.0. The molecular formula is C30H26Cl2F4N2O6S. The molecule has 15 heteroatoms. The highest BCUT2D eigenvalue weighted by molar-refractivity contribution is 7.93. The summed E-state index contributed by atoms with van der Waals surface area (Å²) in [5.41, 5.74) is -0.257. The molecule has 0 aromatic heterocycles. The molecular weight excluding hydrogens is 663 g/mol. The Balaban J connectivity index is 1.72. The van der Waals surface area contributed by atoms with Gasteiger partial charge in [-0.05, 0) is 60.4 Å². The minimum Gasteiger partial charge on any atom is -0.481 e. The fourth-order valence-electron chi connectivity index (χ4n) is 5.39. The monoisotopic (exact) mass is 688 g/mol. The quantitative estimate of drug-likeness (QED) is 0.243. The van der Waals surface area contributed by atoms with Gasteiger partial charge in [-0.2, -0.15) is 13.2 Å². The first-order chi connectivity index (χ1) is 21.2. The van der Waals surface area contributed by atoms with E-state index in [1.165, 1.54) is 60.7 Å². The number of benzene rings is 3. The van der Waals surface area contributed by atoms with Crippen molar-refractivity contribution in [3.05, 3.63) is 99.8 Å². The van der Waals surface area contributed by atoms with Crippen LogP contribution in [0.5, 0.6) is 0 Å². The lowest BCUT2D eigenvalue weighted by Gasteiger charge is -2.49. The van der Waals surface area contributed by atoms with Crippen LogP contribution in [0, 0.1) is 5.82 Å². The van der Waals surface area contributed by atoms with Gasteiger partial charge in [-0.3, -0.25) is 13.9 Å². The fourth-order valence-corrected chi connectivity index (χ4v) is 7.57. The third-order valence-electron chi connectivity index (χ3n) is 7.60. The number of alkyl halides is 3. The van der Waals surface area contributed by atoms with Crippen LogP contribution in [0.4, 0.5) is 23.2 Å². The molecule has 1 N–H and O–H groups in total. The molecule has 3 aromatic carbocycles. The summed E-state index contributed by atoms with van der Waals surface area (Å²) in [4.78, 5) is 26.1. The highest BCUT2D eigenvalue weighted by Gasteiger charge is 2.56. The van der Waals surface area contributed by atoms with Crippen molar-refractivity contribution >= 4 is 50.8 Å². The van der Waals surface area contributed by atoms with Crippen LogP contribution in [0.2, 0.25) is 10.0 Å². The van der Waals surface area contributed by atoms with E-state index in [4.69, 9.17) is 27.9 Å². The van der Waals surface area contributed by atoms with Gasteiger partial charge >= 0.3 is 12.1 Å². The smallest absolute Gasteiger partial charge is 0.410 e. The number of hydrogen-bond donors (Lipinski definition) is 1. The van der Waals surface area contributed by atoms with Crippen LogP contribution in [0.1, 0.15) is 42.5 Å². The summed E-state index contributed by atoms with van der Waals surface area (Å²) < 4.78 is 94.3. The molecule has 5 rings (SSSR count). The third-order valence-corrected chi connectivity index (χ3v) is 10.4. The van der Waals surface area contributed by atoms with Crippen molar-refractivity contribution in [1.82, 2.24) is 4.90 Å². The van der Waals surface area contributed by atoms with Crippen LogP contribution in [0.15, 0.2) is 72.8 Å². The van der Waals surface area contributed by atoms with Gasteiger partial charge in [0.05, 0.1) is 29.9 Å². The molecule has 0 spiro atoms. The molecule has 45 heavy (non-hydrogen) atoms. The van der Waals surface area contributed by atoms with Gasteiger partial charge in [0.2, 0.25) is 10.0 Å². The van der Waals surface area contributed by atoms with Gasteiger partial charge in [0.15, 0.2) is 0 Å². The van der Waals surface area contributed by atoms with Crippen LogP contribution in [-0.4, -0.2) is 60.4 Å². The summed E-state index contributed by atoms with van der Waals surface area (Å²) in [5, 5.41) is 8.95. The van der Waals surface area contributed by atoms with E-state index in [1.54, 1.807) is 0 Å². The van der Waals surface area contributed by atoms with Crippen LogP contribution in [0.3, 0.4) is 0 Å². The molecule has 1 unspecified atom stereocenters. The van der Waals surface area contributed by atoms with E-state index < -0.39 is 82.1 Å². The summed E-state index contributed by atoms with van der Waals surface area (Å²) >= 11 is 12.3. The number of anilines is 1. The number of carboxylic acids is 1. The maximum Gasteiger partial charge on any atom is 0.410 e. The average Bonchev–Trinajstić information content (AvgIpc) is 3.82. The highest BCUT2D eigenvalue weighted by atomic mass is 35.5. The Morgan fingerprint density at radius 1 is 1.00 bits per heavy atom. The minimum atomic E-state index is -5.28. The Labute approximate surface area is 266 Å². The Bertz CT molecular complexity index is 1690. The molecule has 1 amide bonds. The molecule has 4 atom stereocenters. The number of amides is 1. The molecule has 1 aliphatic heterocycles. The molecule has 0 bridgehead atoms. The summed E-state index contributed by atoms with van der Waals surface area (Å²) in [5.74, 6) is -3.93. The van der Waals surface area contributed by atoms with Crippen molar-refractivity contribution in [2.45, 2.75) is 55.0 Å². The van der Waals surface area contributed by atoms with Crippen LogP contribution in [0.25, 0.3) is 0 Å². The van der Waals surface area contributed by atoms with Gasteiger partial charge in [0.1, 0.15) is 24.1 Å². The van der Waals surface area contributed by atoms with E-state index in [9.17, 15) is 23.1 Å². The first kappa shape index (κ1) is 33.0. The van der Waals surface area contributed by atoms with Crippen LogP contribution in [-0.2, 0) is 24.3 Å². The number of carboxylic acid groups (broad SMARTS) is 1. The Morgan fingerprint density at radius 3 is 2.24 bits per heavy atom. The number of para-hydroxylation sites is 1. The van der Waals surface area contributed by atoms with E-state index in [-0.39, 0.29) is 34.0 Å². The van der Waals surface area contributed by atoms with Gasteiger partial charge < -0.3 is 14.7 Å². The molecule has 1 saturated carbocycles. The lowest BCUT2D eigenvalue weighted by atomic mass is 9.89. The molecule has 1 aliphatic carbocycles. The standard InChI is InChI=1S/C30H26Cl2F4N2O6S/c31-19-10-8-17(9-11-19)27-28(18-4-3-5-20(32)14-18)44-24(15-26(39)40)29(41)38(27)25(30(34,35)36)16-37(45(42,43)21-12-13-21)23-7-2-1-6-22(23)33/h1-11,14,21,24-25,27-28H,12-13,15-16H2,(H,39,40)/t24-,25?,27-,28-/m1/s1. The van der Waals surface area contributed by atoms with E-state index >= 15 is 17.6 Å². The topological polar surface area (TPSA) is 104 Å². The second-order valence-electron chi connectivity index (χ2n) is 10.7. The summed E-state index contributed by atoms with van der Waals surface area (Å²) in [6, 6.07) is 11.5. The zero-order chi connectivity index (χ0) is 32.7. The predicted octanol–water partition coefficient (Wildman–Crippen LogP) is 6.55. The number of aliphatic carboxylic acids is 1. The van der Waals surface area contributed by atoms with Gasteiger partial charge in [0, 0.05) is 10.0 Å². The fraction of sp³-hybridized carbons (Fsp3) is 0.333. The molecule has 8 nitrogen and oxygen atoms in total. The molecule has 2 aliphatic rings. The highest BCUT2D eigenvalue weighted by Crippen LogP contribution is 2.47. The SMILES string of the molecule is O=C(O)C[C@H]1O[C@H](c2cccc(Cl)c2)[C@@H](c2ccc(Cl)cc2)N(C(CN(c2ccccc2F)S(=O)(=O)C2CC2)C(F)(F)F)C1=O. The van der Waals surface area contributed by atoms with Crippen LogP contribution < -0.4 is 4.31 Å². The van der Waals surface area contributed by atoms with Gasteiger partial charge in [-0.15, -0.1) is 0 Å². The Morgan fingerprint density at radius 2 is 1.67 bits per heavy atom. The van der Waals surface area contributed by atoms with Crippen molar-refractivity contribution in [3.63, 3.8) is 0 Å². The zero-order valence-corrected chi connectivity index (χ0v) is 25.5. The van der Waals surface area contributed by atoms with E-state index in [2.05, 4.69) is 0 Å². The van der Waals surface area contributed by atoms with Crippen molar-refractivity contribution in [1.29, 1.82) is 0 Å². The first-order valence-electron chi connectivity index (χ1n) is 13.7. The maximum atomic E-state index is 15.3. The van der Waals surface area contributed by atoms with Crippen LogP contribution >= 0.6 is 23.2 Å². The van der Waals surface area contributed by atoms with Crippen molar-refractivity contribution in [2.24, 2.45) is 0 Å². The number of hydrogen-bond acceptors (Lipinski definition) is 5. The lowest BCUT2D eigenvalue weighted by Crippen LogP contribution is -2.62. The predicted molar refractivity (Wildman–Crippen MR) is 158 cm³/mol. The van der Waals surface area contributed by atoms with E-state index in [0.717, 1.165) is 12.1 Å². The second-order valence-corrected chi connectivity index (χ2v) is 13.7. The number of sulfonamides is 1. The van der Waals surface area contributed by atoms with E-state index in [0.29, 0.717) is 9.21 Å². The molecule has 2 fully saturated rings. The number of morpholine rings is 1. The number of rotatable bonds is 10. The van der Waals surface area contributed by atoms with Gasteiger partial charge in [0.25, 0.3) is 5.91 Å². The van der Waals surface area contributed by atoms with Crippen molar-refractivity contribution < 1.29 is 45.4 Å². The number of nitrogens with zero attached hydrogens (tertiary/aromatic N) is 2. The van der Waals surface area contributed by atoms with Gasteiger partial charge in [-0.25, -0.2) is 12.8 Å². The third kappa shape index (κ3) is 7.06. The van der Waals surface area contributed by atoms with Gasteiger partial charge in [-0.1, -0.05) is 59.6 Å². The molecule has 1 heterocycles. The average molecular weight is 690 g/mol. The molecule has 1 saturated heterocycles. The van der Waals surface area contributed by atoms with Crippen molar-refractivity contribution in [2.75, 3.05) is 10.8 Å². The molecule has 240 valence electrons. The number of carbonyl (C=O) groups is 2. The zero-order valence-electron chi connectivity index (χ0n) is 23.2. The number of carbonyl (C=O) groups excluding carboxylic acids is 1. The maximum absolute atomic E-state index is 15.3. The Hall–Kier alpha value is -3.39.